The lowest BCUT2D eigenvalue weighted by molar-refractivity contribution is 0.197. The van der Waals surface area contributed by atoms with E-state index in [1.807, 2.05) is 0 Å². The van der Waals surface area contributed by atoms with E-state index in [2.05, 4.69) is 67.5 Å². The van der Waals surface area contributed by atoms with Crippen molar-refractivity contribution in [2.45, 2.75) is 59.5 Å². The van der Waals surface area contributed by atoms with Gasteiger partial charge in [0.05, 0.1) is 0 Å². The van der Waals surface area contributed by atoms with Crippen molar-refractivity contribution in [3.05, 3.63) is 0 Å². The van der Waals surface area contributed by atoms with E-state index in [9.17, 15) is 0 Å². The van der Waals surface area contributed by atoms with Crippen LogP contribution in [0.2, 0.25) is 0 Å². The molecule has 2 unspecified atom stereocenters. The summed E-state index contributed by atoms with van der Waals surface area (Å²) >= 11 is 2.45. The molecule has 0 aromatic heterocycles. The lowest BCUT2D eigenvalue weighted by Crippen LogP contribution is -2.42. The number of hydrogen-bond donors (Lipinski definition) is 0. The van der Waals surface area contributed by atoms with Gasteiger partial charge in [-0.3, -0.25) is 0 Å². The number of rotatable bonds is 3. The second-order valence-electron chi connectivity index (χ2n) is 4.61. The first-order valence-corrected chi connectivity index (χ1v) is 5.72. The highest BCUT2D eigenvalue weighted by Crippen LogP contribution is 2.26. The summed E-state index contributed by atoms with van der Waals surface area (Å²) in [7, 11) is 0. The molecule has 0 amide bonds. The summed E-state index contributed by atoms with van der Waals surface area (Å²) < 4.78 is 2.43. The molecule has 0 bridgehead atoms. The van der Waals surface area contributed by atoms with Crippen molar-refractivity contribution >= 4 is 22.9 Å². The van der Waals surface area contributed by atoms with Gasteiger partial charge in [-0.2, -0.15) is 0 Å². The quantitative estimate of drug-likeness (QED) is 0.561. The first-order chi connectivity index (χ1) is 5.30. The molecule has 0 heterocycles. The van der Waals surface area contributed by atoms with Crippen LogP contribution in [0.4, 0.5) is 0 Å². The van der Waals surface area contributed by atoms with Crippen molar-refractivity contribution < 1.29 is 0 Å². The zero-order valence-electron chi connectivity index (χ0n) is 9.19. The number of hydrogen-bond acceptors (Lipinski definition) is 1. The molecule has 0 radical (unpaired) electrons. The van der Waals surface area contributed by atoms with E-state index in [1.54, 1.807) is 0 Å². The summed E-state index contributed by atoms with van der Waals surface area (Å²) in [5.74, 6) is 0.779. The first-order valence-electron chi connectivity index (χ1n) is 4.75. The zero-order chi connectivity index (χ0) is 9.94. The van der Waals surface area contributed by atoms with Gasteiger partial charge in [0.1, 0.15) is 0 Å². The van der Waals surface area contributed by atoms with E-state index in [0.29, 0.717) is 6.04 Å². The second kappa shape index (κ2) is 4.80. The van der Waals surface area contributed by atoms with Crippen LogP contribution >= 0.6 is 22.9 Å². The lowest BCUT2D eigenvalue weighted by atomic mass is 9.97. The Balaban J connectivity index is 4.19. The Hall–Kier alpha value is 0.690. The lowest BCUT2D eigenvalue weighted by Gasteiger charge is -2.37. The molecule has 0 fully saturated rings. The Kier molecular flexibility index (Phi) is 5.07. The van der Waals surface area contributed by atoms with E-state index in [1.165, 1.54) is 6.42 Å². The highest BCUT2D eigenvalue weighted by Gasteiger charge is 2.26. The van der Waals surface area contributed by atoms with Gasteiger partial charge in [-0.25, -0.2) is 3.11 Å². The van der Waals surface area contributed by atoms with Crippen LogP contribution in [0.3, 0.4) is 0 Å². The fraction of sp³-hybridized carbons (Fsp3) is 1.00. The molecular formula is C10H22IN. The van der Waals surface area contributed by atoms with Gasteiger partial charge in [0.2, 0.25) is 0 Å². The normalized spacial score (nSPS) is 18.0. The maximum absolute atomic E-state index is 2.45. The van der Waals surface area contributed by atoms with Gasteiger partial charge in [0.15, 0.2) is 0 Å². The minimum Gasteiger partial charge on any atom is -0.239 e. The van der Waals surface area contributed by atoms with Gasteiger partial charge in [0.25, 0.3) is 0 Å². The highest BCUT2D eigenvalue weighted by atomic mass is 127. The zero-order valence-corrected chi connectivity index (χ0v) is 11.3. The van der Waals surface area contributed by atoms with Crippen molar-refractivity contribution in [2.75, 3.05) is 0 Å². The van der Waals surface area contributed by atoms with Gasteiger partial charge < -0.3 is 0 Å². The monoisotopic (exact) mass is 283 g/mol. The molecule has 0 saturated heterocycles. The van der Waals surface area contributed by atoms with Gasteiger partial charge in [-0.15, -0.1) is 0 Å². The third kappa shape index (κ3) is 3.60. The van der Waals surface area contributed by atoms with Crippen molar-refractivity contribution in [1.82, 2.24) is 3.11 Å². The van der Waals surface area contributed by atoms with Crippen LogP contribution in [0, 0.1) is 5.92 Å². The molecule has 0 aliphatic heterocycles. The van der Waals surface area contributed by atoms with Gasteiger partial charge in [-0.1, -0.05) is 20.3 Å². The van der Waals surface area contributed by atoms with Gasteiger partial charge in [-0.05, 0) is 33.6 Å². The predicted molar refractivity (Wildman–Crippen MR) is 64.5 cm³/mol. The maximum atomic E-state index is 2.45. The van der Waals surface area contributed by atoms with Crippen LogP contribution < -0.4 is 0 Å². The van der Waals surface area contributed by atoms with E-state index >= 15 is 0 Å². The van der Waals surface area contributed by atoms with Crippen molar-refractivity contribution in [3.63, 3.8) is 0 Å². The third-order valence-corrected chi connectivity index (χ3v) is 4.79. The summed E-state index contributed by atoms with van der Waals surface area (Å²) in [6, 6.07) is 0.663. The molecule has 0 aromatic rings. The minimum atomic E-state index is 0.281. The average Bonchev–Trinajstić information content (AvgIpc) is 1.98. The van der Waals surface area contributed by atoms with Crippen LogP contribution in [0.5, 0.6) is 0 Å². The summed E-state index contributed by atoms with van der Waals surface area (Å²) in [6.07, 6.45) is 1.26. The van der Waals surface area contributed by atoms with Crippen molar-refractivity contribution in [2.24, 2.45) is 5.92 Å². The summed E-state index contributed by atoms with van der Waals surface area (Å²) in [5, 5.41) is 0. The van der Waals surface area contributed by atoms with Crippen LogP contribution in [-0.2, 0) is 0 Å². The smallest absolute Gasteiger partial charge is 0.0223 e. The fourth-order valence-electron chi connectivity index (χ4n) is 1.18. The van der Waals surface area contributed by atoms with Crippen LogP contribution in [-0.4, -0.2) is 14.7 Å². The average molecular weight is 283 g/mol. The molecule has 0 aliphatic carbocycles. The summed E-state index contributed by atoms with van der Waals surface area (Å²) in [6.45, 7) is 13.7. The largest absolute Gasteiger partial charge is 0.239 e. The topological polar surface area (TPSA) is 3.24 Å². The molecule has 0 aromatic carbocycles. The Morgan fingerprint density at radius 1 is 1.25 bits per heavy atom. The van der Waals surface area contributed by atoms with Gasteiger partial charge in [0, 0.05) is 34.4 Å². The SMILES string of the molecule is CCC(C)C(C)N(I)C(C)(C)C. The van der Waals surface area contributed by atoms with Gasteiger partial charge >= 0.3 is 0 Å². The molecule has 0 N–H and O–H groups in total. The van der Waals surface area contributed by atoms with Crippen LogP contribution in [0.25, 0.3) is 0 Å². The Bertz CT molecular complexity index is 128. The molecule has 2 atom stereocenters. The number of nitrogens with zero attached hydrogens (tertiary/aromatic N) is 1. The minimum absolute atomic E-state index is 0.281. The fourth-order valence-corrected chi connectivity index (χ4v) is 1.72. The van der Waals surface area contributed by atoms with E-state index in [4.69, 9.17) is 0 Å². The Morgan fingerprint density at radius 2 is 1.67 bits per heavy atom. The maximum Gasteiger partial charge on any atom is 0.0223 e. The van der Waals surface area contributed by atoms with E-state index in [-0.39, 0.29) is 5.54 Å². The van der Waals surface area contributed by atoms with Crippen LogP contribution in [0.15, 0.2) is 0 Å². The van der Waals surface area contributed by atoms with E-state index < -0.39 is 0 Å². The molecule has 0 saturated carbocycles. The summed E-state index contributed by atoms with van der Waals surface area (Å²) in [4.78, 5) is 0. The summed E-state index contributed by atoms with van der Waals surface area (Å²) in [5.41, 5.74) is 0.281. The molecule has 0 spiro atoms. The third-order valence-electron chi connectivity index (χ3n) is 2.47. The molecule has 0 aliphatic rings. The highest BCUT2D eigenvalue weighted by molar-refractivity contribution is 14.1. The molecular weight excluding hydrogens is 261 g/mol. The second-order valence-corrected chi connectivity index (χ2v) is 5.65. The van der Waals surface area contributed by atoms with Crippen LogP contribution in [0.1, 0.15) is 48.0 Å². The molecule has 12 heavy (non-hydrogen) atoms. The molecule has 0 rings (SSSR count). The van der Waals surface area contributed by atoms with Crippen molar-refractivity contribution in [3.8, 4) is 0 Å². The Morgan fingerprint density at radius 3 is 1.92 bits per heavy atom. The Labute approximate surface area is 91.4 Å². The molecule has 74 valence electrons. The van der Waals surface area contributed by atoms with E-state index in [0.717, 1.165) is 5.92 Å². The molecule has 2 heteroatoms. The standard InChI is InChI=1S/C10H22IN/c1-7-8(2)9(3)12(11)10(4,5)6/h8-9H,7H2,1-6H3. The number of halogens is 1. The first kappa shape index (κ1) is 12.7. The van der Waals surface area contributed by atoms with Crippen molar-refractivity contribution in [1.29, 1.82) is 0 Å². The molecule has 1 nitrogen and oxygen atoms in total. The predicted octanol–water partition coefficient (Wildman–Crippen LogP) is 3.87.